The molecule has 1 aliphatic rings. The van der Waals surface area contributed by atoms with Crippen molar-refractivity contribution in [1.82, 2.24) is 13.9 Å². The number of hydrogen-bond acceptors (Lipinski definition) is 6. The van der Waals surface area contributed by atoms with Crippen LogP contribution in [0.5, 0.6) is 0 Å². The third-order valence-electron chi connectivity index (χ3n) is 4.94. The van der Waals surface area contributed by atoms with Gasteiger partial charge in [-0.15, -0.1) is 11.3 Å². The van der Waals surface area contributed by atoms with Gasteiger partial charge in [-0.3, -0.25) is 4.79 Å². The zero-order chi connectivity index (χ0) is 21.1. The normalized spacial score (nSPS) is 15.9. The minimum Gasteiger partial charge on any atom is -0.380 e. The molecule has 2 N–H and O–H groups in total. The molecule has 2 aromatic heterocycles. The first-order chi connectivity index (χ1) is 14.4. The Bertz CT molecular complexity index is 1120. The highest BCUT2D eigenvalue weighted by Gasteiger charge is 2.27. The molecule has 1 saturated heterocycles. The highest BCUT2D eigenvalue weighted by molar-refractivity contribution is 7.89. The molecule has 1 aromatic carbocycles. The van der Waals surface area contributed by atoms with Crippen molar-refractivity contribution in [3.05, 3.63) is 64.9 Å². The average Bonchev–Trinajstić information content (AvgIpc) is 3.49. The number of rotatable bonds is 7. The molecule has 10 heteroatoms. The van der Waals surface area contributed by atoms with E-state index in [0.717, 1.165) is 17.7 Å². The maximum atomic E-state index is 12.7. The Kier molecular flexibility index (Phi) is 6.00. The Labute approximate surface area is 178 Å². The fourth-order valence-electron chi connectivity index (χ4n) is 3.44. The predicted octanol–water partition coefficient (Wildman–Crippen LogP) is 2.45. The zero-order valence-corrected chi connectivity index (χ0v) is 17.8. The summed E-state index contributed by atoms with van der Waals surface area (Å²) in [6, 6.07) is 9.92. The number of thiophene rings is 1. The van der Waals surface area contributed by atoms with E-state index in [4.69, 9.17) is 0 Å². The summed E-state index contributed by atoms with van der Waals surface area (Å²) < 4.78 is 28.5. The number of aliphatic hydroxyl groups excluding tert-OH is 1. The summed E-state index contributed by atoms with van der Waals surface area (Å²) in [6.45, 7) is 0.991. The van der Waals surface area contributed by atoms with E-state index in [0.29, 0.717) is 24.6 Å². The molecule has 158 valence electrons. The van der Waals surface area contributed by atoms with Crippen LogP contribution in [0.2, 0.25) is 0 Å². The maximum absolute atomic E-state index is 12.7. The average molecular weight is 447 g/mol. The van der Waals surface area contributed by atoms with Crippen LogP contribution in [0, 0.1) is 0 Å². The number of aliphatic hydroxyl groups is 1. The first-order valence-electron chi connectivity index (χ1n) is 9.58. The van der Waals surface area contributed by atoms with Crippen LogP contribution in [0.3, 0.4) is 0 Å². The Morgan fingerprint density at radius 2 is 2.03 bits per heavy atom. The second kappa shape index (κ2) is 8.68. The quantitative estimate of drug-likeness (QED) is 0.580. The van der Waals surface area contributed by atoms with Gasteiger partial charge in [0.25, 0.3) is 0 Å². The molecule has 0 radical (unpaired) electrons. The zero-order valence-electron chi connectivity index (χ0n) is 16.1. The Balaban J connectivity index is 1.46. The van der Waals surface area contributed by atoms with E-state index in [2.05, 4.69) is 10.3 Å². The van der Waals surface area contributed by atoms with Gasteiger partial charge >= 0.3 is 0 Å². The minimum absolute atomic E-state index is 0.0547. The van der Waals surface area contributed by atoms with Gasteiger partial charge in [-0.2, -0.15) is 4.31 Å². The van der Waals surface area contributed by atoms with E-state index in [1.807, 2.05) is 11.4 Å². The molecule has 1 unspecified atom stereocenters. The molecule has 3 aromatic rings. The highest BCUT2D eigenvalue weighted by Crippen LogP contribution is 2.25. The van der Waals surface area contributed by atoms with Gasteiger partial charge in [0.2, 0.25) is 15.9 Å². The number of imidazole rings is 1. The molecule has 0 spiro atoms. The van der Waals surface area contributed by atoms with Crippen molar-refractivity contribution in [2.75, 3.05) is 18.4 Å². The van der Waals surface area contributed by atoms with Gasteiger partial charge in [0.15, 0.2) is 0 Å². The van der Waals surface area contributed by atoms with Gasteiger partial charge in [-0.25, -0.2) is 13.4 Å². The van der Waals surface area contributed by atoms with Crippen molar-refractivity contribution in [3.63, 3.8) is 0 Å². The van der Waals surface area contributed by atoms with Gasteiger partial charge in [0.05, 0.1) is 4.90 Å². The van der Waals surface area contributed by atoms with Crippen molar-refractivity contribution in [3.8, 4) is 0 Å². The van der Waals surface area contributed by atoms with E-state index in [9.17, 15) is 18.3 Å². The molecule has 1 amide bonds. The Hall–Kier alpha value is -2.53. The van der Waals surface area contributed by atoms with Crippen molar-refractivity contribution in [2.24, 2.45) is 0 Å². The van der Waals surface area contributed by atoms with Crippen LogP contribution in [0.15, 0.2) is 59.1 Å². The molecule has 0 saturated carbocycles. The van der Waals surface area contributed by atoms with E-state index in [-0.39, 0.29) is 17.3 Å². The van der Waals surface area contributed by atoms with Gasteiger partial charge in [0, 0.05) is 36.0 Å². The summed E-state index contributed by atoms with van der Waals surface area (Å²) in [6.07, 6.45) is 3.96. The topological polar surface area (TPSA) is 105 Å². The smallest absolute Gasteiger partial charge is 0.244 e. The van der Waals surface area contributed by atoms with Gasteiger partial charge < -0.3 is 15.0 Å². The van der Waals surface area contributed by atoms with Crippen molar-refractivity contribution >= 4 is 33.0 Å². The first-order valence-corrected chi connectivity index (χ1v) is 11.9. The summed E-state index contributed by atoms with van der Waals surface area (Å²) in [7, 11) is -3.56. The first kappa shape index (κ1) is 20.7. The van der Waals surface area contributed by atoms with Crippen molar-refractivity contribution in [1.29, 1.82) is 0 Å². The molecule has 1 atom stereocenters. The number of nitrogens with one attached hydrogen (secondary N) is 1. The fourth-order valence-corrected chi connectivity index (χ4v) is 5.71. The number of aromatic nitrogens is 2. The summed E-state index contributed by atoms with van der Waals surface area (Å²) in [5.74, 6) is 0.0290. The lowest BCUT2D eigenvalue weighted by Crippen LogP contribution is -2.28. The lowest BCUT2D eigenvalue weighted by atomic mass is 10.2. The Morgan fingerprint density at radius 3 is 2.77 bits per heavy atom. The largest absolute Gasteiger partial charge is 0.380 e. The van der Waals surface area contributed by atoms with E-state index >= 15 is 0 Å². The van der Waals surface area contributed by atoms with Crippen LogP contribution < -0.4 is 5.32 Å². The maximum Gasteiger partial charge on any atom is 0.244 e. The number of nitrogens with zero attached hydrogens (tertiary/aromatic N) is 3. The molecule has 1 fully saturated rings. The number of anilines is 1. The molecule has 0 bridgehead atoms. The van der Waals surface area contributed by atoms with Crippen LogP contribution in [-0.2, 0) is 21.4 Å². The predicted molar refractivity (Wildman–Crippen MR) is 114 cm³/mol. The second-order valence-corrected chi connectivity index (χ2v) is 9.94. The number of amides is 1. The lowest BCUT2D eigenvalue weighted by molar-refractivity contribution is -0.116. The molecule has 1 aliphatic heterocycles. The molecule has 30 heavy (non-hydrogen) atoms. The van der Waals surface area contributed by atoms with Crippen LogP contribution in [0.1, 0.15) is 29.6 Å². The van der Waals surface area contributed by atoms with Crippen molar-refractivity contribution < 1.29 is 18.3 Å². The summed E-state index contributed by atoms with van der Waals surface area (Å²) >= 11 is 1.41. The van der Waals surface area contributed by atoms with Gasteiger partial charge in [-0.05, 0) is 42.5 Å². The van der Waals surface area contributed by atoms with Gasteiger partial charge in [-0.1, -0.05) is 12.1 Å². The SMILES string of the molecule is O=C(Cn1ccnc1C(O)c1cccs1)Nc1cccc(S(=O)(=O)N2CCCC2)c1. The van der Waals surface area contributed by atoms with E-state index < -0.39 is 16.1 Å². The molecule has 0 aliphatic carbocycles. The molecule has 3 heterocycles. The molecular weight excluding hydrogens is 424 g/mol. The number of carbonyl (C=O) groups excluding carboxylic acids is 1. The van der Waals surface area contributed by atoms with E-state index in [1.165, 1.54) is 34.0 Å². The number of carbonyl (C=O) groups is 1. The second-order valence-electron chi connectivity index (χ2n) is 7.02. The van der Waals surface area contributed by atoms with Crippen molar-refractivity contribution in [2.45, 2.75) is 30.4 Å². The molecule has 4 rings (SSSR count). The monoisotopic (exact) mass is 446 g/mol. The summed E-state index contributed by atoms with van der Waals surface area (Å²) in [5, 5.41) is 15.1. The third-order valence-corrected chi connectivity index (χ3v) is 7.76. The number of hydrogen-bond donors (Lipinski definition) is 2. The molecular formula is C20H22N4O4S2. The van der Waals surface area contributed by atoms with Crippen LogP contribution in [0.25, 0.3) is 0 Å². The van der Waals surface area contributed by atoms with E-state index in [1.54, 1.807) is 29.0 Å². The fraction of sp³-hybridized carbons (Fsp3) is 0.300. The standard InChI is InChI=1S/C20H22N4O4S2/c25-18(14-23-11-8-21-20(23)19(26)17-7-4-12-29-17)22-15-5-3-6-16(13-15)30(27,28)24-9-1-2-10-24/h3-8,11-13,19,26H,1-2,9-10,14H2,(H,22,25). The summed E-state index contributed by atoms with van der Waals surface area (Å²) in [4.78, 5) is 17.6. The third kappa shape index (κ3) is 4.31. The van der Waals surface area contributed by atoms with Crippen LogP contribution in [-0.4, -0.2) is 46.4 Å². The molecule has 8 nitrogen and oxygen atoms in total. The van der Waals surface area contributed by atoms with Crippen LogP contribution >= 0.6 is 11.3 Å². The highest BCUT2D eigenvalue weighted by atomic mass is 32.2. The Morgan fingerprint density at radius 1 is 1.23 bits per heavy atom. The van der Waals surface area contributed by atoms with Gasteiger partial charge in [0.1, 0.15) is 18.5 Å². The summed E-state index contributed by atoms with van der Waals surface area (Å²) in [5.41, 5.74) is 0.403. The lowest BCUT2D eigenvalue weighted by Gasteiger charge is -2.16. The van der Waals surface area contributed by atoms with Crippen LogP contribution in [0.4, 0.5) is 5.69 Å². The minimum atomic E-state index is -3.56. The number of sulfonamides is 1. The number of benzene rings is 1.